The van der Waals surface area contributed by atoms with E-state index >= 15 is 0 Å². The highest BCUT2D eigenvalue weighted by Crippen LogP contribution is 2.29. The third kappa shape index (κ3) is 4.28. The van der Waals surface area contributed by atoms with E-state index in [4.69, 9.17) is 16.3 Å². The molecular weight excluding hydrogens is 332 g/mol. The van der Waals surface area contributed by atoms with Crippen LogP contribution in [0.15, 0.2) is 84.9 Å². The van der Waals surface area contributed by atoms with Gasteiger partial charge < -0.3 is 4.74 Å². The Morgan fingerprint density at radius 3 is 1.72 bits per heavy atom. The normalized spacial score (nSPS) is 12.0. The molecule has 25 heavy (non-hydrogen) atoms. The molecule has 0 amide bonds. The van der Waals surface area contributed by atoms with Gasteiger partial charge in [-0.3, -0.25) is 4.79 Å². The van der Waals surface area contributed by atoms with E-state index in [0.29, 0.717) is 5.02 Å². The van der Waals surface area contributed by atoms with Gasteiger partial charge in [-0.25, -0.2) is 0 Å². The Bertz CT molecular complexity index is 774. The zero-order chi connectivity index (χ0) is 17.6. The van der Waals surface area contributed by atoms with E-state index in [-0.39, 0.29) is 11.9 Å². The van der Waals surface area contributed by atoms with Crippen molar-refractivity contribution in [2.45, 2.75) is 18.9 Å². The lowest BCUT2D eigenvalue weighted by atomic mass is 9.99. The second-order valence-electron chi connectivity index (χ2n) is 5.91. The number of carbonyl (C=O) groups excluding carboxylic acids is 1. The van der Waals surface area contributed by atoms with E-state index in [1.54, 1.807) is 12.1 Å². The van der Waals surface area contributed by atoms with Crippen LogP contribution in [0, 0.1) is 0 Å². The van der Waals surface area contributed by atoms with Crippen molar-refractivity contribution in [3.63, 3.8) is 0 Å². The van der Waals surface area contributed by atoms with E-state index in [1.807, 2.05) is 79.7 Å². The average Bonchev–Trinajstić information content (AvgIpc) is 2.67. The van der Waals surface area contributed by atoms with Crippen molar-refractivity contribution in [2.75, 3.05) is 0 Å². The smallest absolute Gasteiger partial charge is 0.314 e. The molecule has 0 fully saturated rings. The summed E-state index contributed by atoms with van der Waals surface area (Å²) in [5, 5.41) is 0.649. The predicted molar refractivity (Wildman–Crippen MR) is 101 cm³/mol. The van der Waals surface area contributed by atoms with Crippen molar-refractivity contribution < 1.29 is 9.53 Å². The fourth-order valence-electron chi connectivity index (χ4n) is 2.69. The van der Waals surface area contributed by atoms with E-state index in [9.17, 15) is 4.79 Å². The Morgan fingerprint density at radius 1 is 0.760 bits per heavy atom. The molecule has 0 aliphatic carbocycles. The number of halogens is 1. The zero-order valence-electron chi connectivity index (χ0n) is 13.9. The maximum absolute atomic E-state index is 12.7. The van der Waals surface area contributed by atoms with Crippen LogP contribution in [0.25, 0.3) is 0 Å². The van der Waals surface area contributed by atoms with Gasteiger partial charge in [0.1, 0.15) is 0 Å². The molecule has 0 aliphatic heterocycles. The molecule has 0 spiro atoms. The molecule has 0 aliphatic rings. The quantitative estimate of drug-likeness (QED) is 0.545. The third-order valence-electron chi connectivity index (χ3n) is 4.16. The van der Waals surface area contributed by atoms with Crippen LogP contribution in [0.3, 0.4) is 0 Å². The lowest BCUT2D eigenvalue weighted by Gasteiger charge is -2.21. The van der Waals surface area contributed by atoms with Crippen LogP contribution in [-0.4, -0.2) is 5.97 Å². The van der Waals surface area contributed by atoms with Crippen molar-refractivity contribution in [3.05, 3.63) is 107 Å². The van der Waals surface area contributed by atoms with E-state index < -0.39 is 6.10 Å². The van der Waals surface area contributed by atoms with Gasteiger partial charge in [-0.05, 0) is 35.7 Å². The molecule has 0 aromatic heterocycles. The molecule has 0 heterocycles. The van der Waals surface area contributed by atoms with Crippen LogP contribution in [0.2, 0.25) is 5.02 Å². The maximum Gasteiger partial charge on any atom is 0.314 e. The van der Waals surface area contributed by atoms with Crippen LogP contribution < -0.4 is 0 Å². The molecule has 0 unspecified atom stereocenters. The summed E-state index contributed by atoms with van der Waals surface area (Å²) in [6.45, 7) is 1.85. The van der Waals surface area contributed by atoms with Gasteiger partial charge in [-0.1, -0.05) is 84.4 Å². The minimum atomic E-state index is -0.426. The van der Waals surface area contributed by atoms with Gasteiger partial charge in [-0.2, -0.15) is 0 Å². The number of hydrogen-bond acceptors (Lipinski definition) is 2. The van der Waals surface area contributed by atoms with Gasteiger partial charge in [-0.15, -0.1) is 0 Å². The highest BCUT2D eigenvalue weighted by molar-refractivity contribution is 6.30. The van der Waals surface area contributed by atoms with Crippen LogP contribution in [0.5, 0.6) is 0 Å². The van der Waals surface area contributed by atoms with Crippen LogP contribution >= 0.6 is 11.6 Å². The Morgan fingerprint density at radius 2 is 1.24 bits per heavy atom. The minimum absolute atomic E-state index is 0.264. The summed E-state index contributed by atoms with van der Waals surface area (Å²) >= 11 is 5.92. The number of ether oxygens (including phenoxy) is 1. The SMILES string of the molecule is C[C@@H](C(=O)OC(c1ccccc1)c1ccccc1)c1ccc(Cl)cc1. The molecule has 3 rings (SSSR count). The first-order valence-corrected chi connectivity index (χ1v) is 8.59. The number of carbonyl (C=O) groups is 1. The number of esters is 1. The van der Waals surface area contributed by atoms with Crippen molar-refractivity contribution in [1.29, 1.82) is 0 Å². The van der Waals surface area contributed by atoms with Crippen molar-refractivity contribution in [3.8, 4) is 0 Å². The van der Waals surface area contributed by atoms with Crippen LogP contribution in [-0.2, 0) is 9.53 Å². The largest absolute Gasteiger partial charge is 0.452 e. The maximum atomic E-state index is 12.7. The van der Waals surface area contributed by atoms with E-state index in [2.05, 4.69) is 0 Å². The molecule has 1 atom stereocenters. The van der Waals surface area contributed by atoms with E-state index in [1.165, 1.54) is 0 Å². The molecule has 0 saturated heterocycles. The molecule has 0 saturated carbocycles. The van der Waals surface area contributed by atoms with Crippen molar-refractivity contribution in [1.82, 2.24) is 0 Å². The number of hydrogen-bond donors (Lipinski definition) is 0. The summed E-state index contributed by atoms with van der Waals surface area (Å²) in [6.07, 6.45) is -0.426. The average molecular weight is 351 g/mol. The molecular formula is C22H19ClO2. The molecule has 2 nitrogen and oxygen atoms in total. The summed E-state index contributed by atoms with van der Waals surface area (Å²) in [7, 11) is 0. The predicted octanol–water partition coefficient (Wildman–Crippen LogP) is 5.78. The van der Waals surface area contributed by atoms with Crippen molar-refractivity contribution in [2.24, 2.45) is 0 Å². The van der Waals surface area contributed by atoms with Gasteiger partial charge in [0.15, 0.2) is 6.10 Å². The highest BCUT2D eigenvalue weighted by Gasteiger charge is 2.23. The fraction of sp³-hybridized carbons (Fsp3) is 0.136. The fourth-order valence-corrected chi connectivity index (χ4v) is 2.82. The topological polar surface area (TPSA) is 26.3 Å². The van der Waals surface area contributed by atoms with Gasteiger partial charge in [0.2, 0.25) is 0 Å². The zero-order valence-corrected chi connectivity index (χ0v) is 14.7. The summed E-state index contributed by atoms with van der Waals surface area (Å²) in [4.78, 5) is 12.7. The van der Waals surface area contributed by atoms with Crippen molar-refractivity contribution >= 4 is 17.6 Å². The van der Waals surface area contributed by atoms with Crippen LogP contribution in [0.1, 0.15) is 35.6 Å². The third-order valence-corrected chi connectivity index (χ3v) is 4.41. The minimum Gasteiger partial charge on any atom is -0.452 e. The standard InChI is InChI=1S/C22H19ClO2/c1-16(17-12-14-20(23)15-13-17)22(24)25-21(18-8-4-2-5-9-18)19-10-6-3-7-11-19/h2-16,21H,1H3/t16-/m1/s1. The second kappa shape index (κ2) is 8.00. The monoisotopic (exact) mass is 350 g/mol. The van der Waals surface area contributed by atoms with E-state index in [0.717, 1.165) is 16.7 Å². The molecule has 0 N–H and O–H groups in total. The number of rotatable bonds is 5. The first-order valence-electron chi connectivity index (χ1n) is 8.21. The highest BCUT2D eigenvalue weighted by atomic mass is 35.5. The molecule has 3 aromatic rings. The molecule has 126 valence electrons. The first-order chi connectivity index (χ1) is 12.1. The summed E-state index contributed by atoms with van der Waals surface area (Å²) in [6, 6.07) is 26.8. The molecule has 3 heteroatoms. The van der Waals surface area contributed by atoms with Gasteiger partial charge >= 0.3 is 5.97 Å². The Hall–Kier alpha value is -2.58. The van der Waals surface area contributed by atoms with Gasteiger partial charge in [0.25, 0.3) is 0 Å². The van der Waals surface area contributed by atoms with Crippen LogP contribution in [0.4, 0.5) is 0 Å². The molecule has 0 bridgehead atoms. The summed E-state index contributed by atoms with van der Waals surface area (Å²) in [5.41, 5.74) is 2.78. The first kappa shape index (κ1) is 17.2. The lowest BCUT2D eigenvalue weighted by molar-refractivity contribution is -0.149. The lowest BCUT2D eigenvalue weighted by Crippen LogP contribution is -2.18. The summed E-state index contributed by atoms with van der Waals surface area (Å²) < 4.78 is 5.90. The molecule has 0 radical (unpaired) electrons. The summed E-state index contributed by atoms with van der Waals surface area (Å²) in [5.74, 6) is -0.632. The van der Waals surface area contributed by atoms with Gasteiger partial charge in [0, 0.05) is 5.02 Å². The Kier molecular flexibility index (Phi) is 5.52. The number of benzene rings is 3. The van der Waals surface area contributed by atoms with Gasteiger partial charge in [0.05, 0.1) is 5.92 Å². The molecule has 3 aromatic carbocycles. The second-order valence-corrected chi connectivity index (χ2v) is 6.35. The Balaban J connectivity index is 1.85. The Labute approximate surface area is 153 Å².